The second kappa shape index (κ2) is 9.07. The Morgan fingerprint density at radius 1 is 1.14 bits per heavy atom. The molecule has 0 unspecified atom stereocenters. The number of ether oxygens (including phenoxy) is 2. The molecule has 7 nitrogen and oxygen atoms in total. The molecular formula is C20H24N2O5S. The summed E-state index contributed by atoms with van der Waals surface area (Å²) in [6.07, 6.45) is 2.05. The molecule has 0 bridgehead atoms. The van der Waals surface area contributed by atoms with E-state index in [2.05, 4.69) is 10.0 Å². The molecule has 1 heterocycles. The molecule has 0 radical (unpaired) electrons. The third-order valence-corrected chi connectivity index (χ3v) is 5.76. The molecule has 1 aliphatic rings. The zero-order valence-corrected chi connectivity index (χ0v) is 16.5. The van der Waals surface area contributed by atoms with Crippen molar-refractivity contribution in [3.63, 3.8) is 0 Å². The van der Waals surface area contributed by atoms with Crippen molar-refractivity contribution in [2.45, 2.75) is 30.8 Å². The summed E-state index contributed by atoms with van der Waals surface area (Å²) in [5.41, 5.74) is 1.54. The highest BCUT2D eigenvalue weighted by molar-refractivity contribution is 7.92. The van der Waals surface area contributed by atoms with E-state index in [1.807, 2.05) is 19.1 Å². The van der Waals surface area contributed by atoms with E-state index in [1.54, 1.807) is 12.1 Å². The maximum atomic E-state index is 12.4. The van der Waals surface area contributed by atoms with Crippen molar-refractivity contribution in [2.24, 2.45) is 0 Å². The first-order chi connectivity index (χ1) is 13.4. The maximum Gasteiger partial charge on any atom is 0.261 e. The fourth-order valence-corrected chi connectivity index (χ4v) is 3.84. The van der Waals surface area contributed by atoms with Gasteiger partial charge in [0.1, 0.15) is 5.75 Å². The van der Waals surface area contributed by atoms with E-state index >= 15 is 0 Å². The number of aryl methyl sites for hydroxylation is 1. The Morgan fingerprint density at radius 2 is 1.86 bits per heavy atom. The minimum atomic E-state index is -3.69. The van der Waals surface area contributed by atoms with Crippen LogP contribution in [0.1, 0.15) is 18.4 Å². The lowest BCUT2D eigenvalue weighted by molar-refractivity contribution is -0.123. The minimum Gasteiger partial charge on any atom is -0.484 e. The number of benzene rings is 2. The van der Waals surface area contributed by atoms with Gasteiger partial charge in [-0.3, -0.25) is 9.52 Å². The molecule has 8 heteroatoms. The van der Waals surface area contributed by atoms with Crippen LogP contribution in [-0.2, 0) is 19.6 Å². The van der Waals surface area contributed by atoms with Gasteiger partial charge in [-0.1, -0.05) is 17.7 Å². The third kappa shape index (κ3) is 5.71. The summed E-state index contributed by atoms with van der Waals surface area (Å²) in [4.78, 5) is 11.9. The summed E-state index contributed by atoms with van der Waals surface area (Å²) in [6, 6.07) is 13.0. The first-order valence-electron chi connectivity index (χ1n) is 9.13. The Labute approximate surface area is 165 Å². The fraction of sp³-hybridized carbons (Fsp3) is 0.350. The molecule has 0 aliphatic carbocycles. The Hall–Kier alpha value is -2.58. The molecule has 2 N–H and O–H groups in total. The molecule has 0 spiro atoms. The number of sulfonamides is 1. The molecule has 2 aromatic carbocycles. The zero-order valence-electron chi connectivity index (χ0n) is 15.7. The number of amides is 1. The number of anilines is 1. The van der Waals surface area contributed by atoms with Gasteiger partial charge in [0.15, 0.2) is 6.61 Å². The second-order valence-corrected chi connectivity index (χ2v) is 8.35. The summed E-state index contributed by atoms with van der Waals surface area (Å²) < 4.78 is 38.3. The van der Waals surface area contributed by atoms with Gasteiger partial charge in [-0.25, -0.2) is 8.42 Å². The standard InChI is InChI=1S/C20H24N2O5S/c1-15-4-6-16(7-5-15)22-28(24,25)19-10-8-17(9-11-19)27-14-20(23)21-13-18-3-2-12-26-18/h4-11,18,22H,2-3,12-14H2,1H3,(H,21,23)/t18-/m0/s1. The van der Waals surface area contributed by atoms with Crippen LogP contribution < -0.4 is 14.8 Å². The highest BCUT2D eigenvalue weighted by atomic mass is 32.2. The van der Waals surface area contributed by atoms with Gasteiger partial charge in [-0.2, -0.15) is 0 Å². The van der Waals surface area contributed by atoms with Crippen LogP contribution in [0.2, 0.25) is 0 Å². The van der Waals surface area contributed by atoms with Crippen LogP contribution in [0.4, 0.5) is 5.69 Å². The molecule has 0 aromatic heterocycles. The molecule has 3 rings (SSSR count). The van der Waals surface area contributed by atoms with Crippen molar-refractivity contribution in [1.82, 2.24) is 5.32 Å². The molecule has 0 saturated carbocycles. The fourth-order valence-electron chi connectivity index (χ4n) is 2.78. The molecule has 150 valence electrons. The highest BCUT2D eigenvalue weighted by Crippen LogP contribution is 2.19. The Kier molecular flexibility index (Phi) is 6.53. The Balaban J connectivity index is 1.50. The first kappa shape index (κ1) is 20.2. The summed E-state index contributed by atoms with van der Waals surface area (Å²) in [6.45, 7) is 3.01. The van der Waals surface area contributed by atoms with Crippen molar-refractivity contribution < 1.29 is 22.7 Å². The lowest BCUT2D eigenvalue weighted by atomic mass is 10.2. The second-order valence-electron chi connectivity index (χ2n) is 6.67. The molecule has 1 atom stereocenters. The van der Waals surface area contributed by atoms with Crippen molar-refractivity contribution >= 4 is 21.6 Å². The molecule has 1 aliphatic heterocycles. The molecule has 1 saturated heterocycles. The number of nitrogens with one attached hydrogen (secondary N) is 2. The van der Waals surface area contributed by atoms with Gasteiger partial charge in [0, 0.05) is 18.8 Å². The van der Waals surface area contributed by atoms with Crippen molar-refractivity contribution in [1.29, 1.82) is 0 Å². The lowest BCUT2D eigenvalue weighted by Gasteiger charge is -2.12. The zero-order chi connectivity index (χ0) is 20.0. The van der Waals surface area contributed by atoms with Crippen LogP contribution >= 0.6 is 0 Å². The summed E-state index contributed by atoms with van der Waals surface area (Å²) in [7, 11) is -3.69. The number of carbonyl (C=O) groups is 1. The monoisotopic (exact) mass is 404 g/mol. The number of rotatable bonds is 8. The van der Waals surface area contributed by atoms with E-state index in [-0.39, 0.29) is 23.5 Å². The van der Waals surface area contributed by atoms with Gasteiger partial charge < -0.3 is 14.8 Å². The van der Waals surface area contributed by atoms with E-state index in [0.717, 1.165) is 25.0 Å². The molecule has 28 heavy (non-hydrogen) atoms. The van der Waals surface area contributed by atoms with E-state index in [0.29, 0.717) is 18.0 Å². The molecular weight excluding hydrogens is 380 g/mol. The van der Waals surface area contributed by atoms with Crippen LogP contribution in [-0.4, -0.2) is 40.2 Å². The number of carbonyl (C=O) groups excluding carboxylic acids is 1. The quantitative estimate of drug-likeness (QED) is 0.705. The van der Waals surface area contributed by atoms with E-state index < -0.39 is 10.0 Å². The largest absolute Gasteiger partial charge is 0.484 e. The van der Waals surface area contributed by atoms with Crippen LogP contribution in [0.5, 0.6) is 5.75 Å². The van der Waals surface area contributed by atoms with E-state index in [9.17, 15) is 13.2 Å². The van der Waals surface area contributed by atoms with E-state index in [1.165, 1.54) is 24.3 Å². The first-order valence-corrected chi connectivity index (χ1v) is 10.6. The Morgan fingerprint density at radius 3 is 2.50 bits per heavy atom. The SMILES string of the molecule is Cc1ccc(NS(=O)(=O)c2ccc(OCC(=O)NC[C@@H]3CCCO3)cc2)cc1. The smallest absolute Gasteiger partial charge is 0.261 e. The van der Waals surface area contributed by atoms with E-state index in [4.69, 9.17) is 9.47 Å². The maximum absolute atomic E-state index is 12.4. The van der Waals surface area contributed by atoms with Gasteiger partial charge in [-0.15, -0.1) is 0 Å². The molecule has 1 amide bonds. The molecule has 2 aromatic rings. The normalized spacial score (nSPS) is 16.5. The average Bonchev–Trinajstić information content (AvgIpc) is 3.20. The van der Waals surface area contributed by atoms with Crippen molar-refractivity contribution in [3.8, 4) is 5.75 Å². The number of hydrogen-bond acceptors (Lipinski definition) is 5. The van der Waals surface area contributed by atoms with Crippen LogP contribution in [0.3, 0.4) is 0 Å². The predicted molar refractivity (Wildman–Crippen MR) is 106 cm³/mol. The van der Waals surface area contributed by atoms with Crippen LogP contribution in [0.15, 0.2) is 53.4 Å². The third-order valence-electron chi connectivity index (χ3n) is 4.36. The van der Waals surface area contributed by atoms with Gasteiger partial charge in [0.05, 0.1) is 11.0 Å². The van der Waals surface area contributed by atoms with Gasteiger partial charge in [0.2, 0.25) is 0 Å². The minimum absolute atomic E-state index is 0.0782. The average molecular weight is 404 g/mol. The van der Waals surface area contributed by atoms with Crippen LogP contribution in [0.25, 0.3) is 0 Å². The number of hydrogen-bond donors (Lipinski definition) is 2. The summed E-state index contributed by atoms with van der Waals surface area (Å²) in [5.74, 6) is 0.176. The highest BCUT2D eigenvalue weighted by Gasteiger charge is 2.17. The van der Waals surface area contributed by atoms with Gasteiger partial charge in [0.25, 0.3) is 15.9 Å². The summed E-state index contributed by atoms with van der Waals surface area (Å²) in [5, 5.41) is 2.77. The van der Waals surface area contributed by atoms with Gasteiger partial charge in [-0.05, 0) is 56.2 Å². The van der Waals surface area contributed by atoms with Crippen molar-refractivity contribution in [3.05, 3.63) is 54.1 Å². The Bertz CT molecular complexity index is 889. The van der Waals surface area contributed by atoms with Crippen molar-refractivity contribution in [2.75, 3.05) is 24.5 Å². The van der Waals surface area contributed by atoms with Crippen LogP contribution in [0, 0.1) is 6.92 Å². The summed E-state index contributed by atoms with van der Waals surface area (Å²) >= 11 is 0. The lowest BCUT2D eigenvalue weighted by Crippen LogP contribution is -2.35. The predicted octanol–water partition coefficient (Wildman–Crippen LogP) is 2.47. The molecule has 1 fully saturated rings. The van der Waals surface area contributed by atoms with Gasteiger partial charge >= 0.3 is 0 Å². The topological polar surface area (TPSA) is 93.7 Å².